The summed E-state index contributed by atoms with van der Waals surface area (Å²) < 4.78 is 1.93. The van der Waals surface area contributed by atoms with Crippen LogP contribution in [0.5, 0.6) is 0 Å². The first-order chi connectivity index (χ1) is 16.2. The predicted octanol–water partition coefficient (Wildman–Crippen LogP) is 6.57. The number of hydrogen-bond donors (Lipinski definition) is 1. The van der Waals surface area contributed by atoms with E-state index in [4.69, 9.17) is 16.7 Å². The molecule has 4 nitrogen and oxygen atoms in total. The summed E-state index contributed by atoms with van der Waals surface area (Å²) in [4.78, 5) is 13.5. The van der Waals surface area contributed by atoms with Gasteiger partial charge in [0, 0.05) is 24.1 Å². The summed E-state index contributed by atoms with van der Waals surface area (Å²) in [5.74, 6) is 2.51. The van der Waals surface area contributed by atoms with Crippen LogP contribution in [-0.2, 0) is 6.42 Å². The molecule has 5 heteroatoms. The lowest BCUT2D eigenvalue weighted by atomic mass is 9.45. The molecule has 1 aromatic carbocycles. The van der Waals surface area contributed by atoms with E-state index in [0.717, 1.165) is 53.7 Å². The lowest BCUT2D eigenvalue weighted by Gasteiger charge is -2.60. The maximum absolute atomic E-state index is 13.5. The highest BCUT2D eigenvalue weighted by atomic mass is 35.5. The summed E-state index contributed by atoms with van der Waals surface area (Å²) in [5, 5.41) is 8.88. The van der Waals surface area contributed by atoms with Crippen molar-refractivity contribution in [2.75, 3.05) is 6.54 Å². The maximum atomic E-state index is 13.5. The first-order valence-corrected chi connectivity index (χ1v) is 13.2. The Kier molecular flexibility index (Phi) is 5.11. The third-order valence-electron chi connectivity index (χ3n) is 9.19. The second kappa shape index (κ2) is 7.84. The van der Waals surface area contributed by atoms with E-state index in [1.54, 1.807) is 0 Å². The van der Waals surface area contributed by atoms with E-state index in [1.807, 2.05) is 4.68 Å². The first-order valence-electron chi connectivity index (χ1n) is 12.8. The van der Waals surface area contributed by atoms with Crippen molar-refractivity contribution < 1.29 is 4.79 Å². The molecule has 7 rings (SSSR count). The third kappa shape index (κ3) is 3.32. The van der Waals surface area contributed by atoms with E-state index < -0.39 is 0 Å². The molecule has 2 aromatic rings. The zero-order valence-corrected chi connectivity index (χ0v) is 21.4. The second-order valence-electron chi connectivity index (χ2n) is 11.6. The Hall–Kier alpha value is -2.33. The van der Waals surface area contributed by atoms with Crippen LogP contribution in [0.2, 0.25) is 0 Å². The monoisotopic (exact) mass is 475 g/mol. The number of carbonyl (C=O) groups excluding carboxylic acids is 1. The molecule has 0 aliphatic heterocycles. The number of nitrogens with one attached hydrogen (secondary N) is 1. The minimum absolute atomic E-state index is 0.0522. The molecule has 1 aromatic heterocycles. The fourth-order valence-corrected chi connectivity index (χ4v) is 7.41. The molecule has 5 aliphatic rings. The van der Waals surface area contributed by atoms with E-state index in [2.05, 4.69) is 63.4 Å². The molecule has 2 bridgehead atoms. The molecule has 0 spiro atoms. The summed E-state index contributed by atoms with van der Waals surface area (Å²) in [5.41, 5.74) is 7.55. The number of rotatable bonds is 4. The van der Waals surface area contributed by atoms with Gasteiger partial charge in [0.15, 0.2) is 5.69 Å². The lowest BCUT2D eigenvalue weighted by Crippen LogP contribution is -2.54. The van der Waals surface area contributed by atoms with Crippen molar-refractivity contribution in [1.29, 1.82) is 0 Å². The number of halogens is 1. The normalized spacial score (nSPS) is 28.4. The molecule has 0 saturated heterocycles. The fraction of sp³-hybridized carbons (Fsp3) is 0.517. The molecule has 178 valence electrons. The van der Waals surface area contributed by atoms with Crippen molar-refractivity contribution >= 4 is 23.2 Å². The molecular formula is C29H34ClN3O. The smallest absolute Gasteiger partial charge is 0.272 e. The van der Waals surface area contributed by atoms with Crippen LogP contribution >= 0.6 is 11.6 Å². The summed E-state index contributed by atoms with van der Waals surface area (Å²) >= 11 is 6.70. The fourth-order valence-electron chi connectivity index (χ4n) is 7.04. The van der Waals surface area contributed by atoms with Crippen LogP contribution in [0, 0.1) is 36.0 Å². The topological polar surface area (TPSA) is 46.9 Å². The van der Waals surface area contributed by atoms with Gasteiger partial charge in [-0.05, 0) is 67.3 Å². The molecule has 3 fully saturated rings. The van der Waals surface area contributed by atoms with Gasteiger partial charge in [-0.15, -0.1) is 0 Å². The number of amides is 1. The SMILES string of the molecule is Cc1ccc2c(c1)Cc1c(C(=O)NCC3CCC4CC3C4(C)C)nn(C3=CCC(C)C=C3Cl)c1-2. The molecule has 5 aliphatic carbocycles. The molecule has 0 radical (unpaired) electrons. The van der Waals surface area contributed by atoms with E-state index in [9.17, 15) is 4.79 Å². The maximum Gasteiger partial charge on any atom is 0.272 e. The standard InChI is InChI=1S/C29H34ClN3O/c1-16-5-9-21-19(11-16)13-22-26(32-33(27(21)22)25-10-6-17(2)12-24(25)30)28(34)31-15-18-7-8-20-14-23(18)29(20,3)4/h5,9-12,17-18,20,23H,6-8,13-15H2,1-4H3,(H,31,34). The van der Waals surface area contributed by atoms with Gasteiger partial charge in [0.05, 0.1) is 16.4 Å². The van der Waals surface area contributed by atoms with Crippen molar-refractivity contribution in [3.05, 3.63) is 57.8 Å². The molecule has 34 heavy (non-hydrogen) atoms. The molecular weight excluding hydrogens is 442 g/mol. The van der Waals surface area contributed by atoms with Gasteiger partial charge in [-0.1, -0.05) is 68.3 Å². The van der Waals surface area contributed by atoms with Crippen molar-refractivity contribution in [1.82, 2.24) is 15.1 Å². The zero-order valence-electron chi connectivity index (χ0n) is 20.6. The number of nitrogens with zero attached hydrogens (tertiary/aromatic N) is 2. The van der Waals surface area contributed by atoms with E-state index in [1.165, 1.54) is 30.4 Å². The van der Waals surface area contributed by atoms with Gasteiger partial charge in [-0.3, -0.25) is 4.79 Å². The highest BCUT2D eigenvalue weighted by Crippen LogP contribution is 2.61. The summed E-state index contributed by atoms with van der Waals surface area (Å²) in [7, 11) is 0. The van der Waals surface area contributed by atoms with Gasteiger partial charge in [0.1, 0.15) is 0 Å². The lowest BCUT2D eigenvalue weighted by molar-refractivity contribution is -0.103. The van der Waals surface area contributed by atoms with Gasteiger partial charge >= 0.3 is 0 Å². The van der Waals surface area contributed by atoms with Crippen molar-refractivity contribution in [2.24, 2.45) is 29.1 Å². The second-order valence-corrected chi connectivity index (χ2v) is 12.1. The Morgan fingerprint density at radius 3 is 2.85 bits per heavy atom. The molecule has 4 unspecified atom stereocenters. The van der Waals surface area contributed by atoms with Crippen LogP contribution in [0.3, 0.4) is 0 Å². The number of benzene rings is 1. The highest BCUT2D eigenvalue weighted by Gasteiger charge is 2.54. The number of carbonyl (C=O) groups is 1. The number of allylic oxidation sites excluding steroid dienone is 4. The average Bonchev–Trinajstić information content (AvgIpc) is 3.34. The van der Waals surface area contributed by atoms with Crippen LogP contribution in [0.25, 0.3) is 17.0 Å². The summed E-state index contributed by atoms with van der Waals surface area (Å²) in [6.07, 6.45) is 9.74. The van der Waals surface area contributed by atoms with E-state index in [0.29, 0.717) is 28.0 Å². The van der Waals surface area contributed by atoms with Crippen molar-refractivity contribution in [2.45, 2.75) is 59.8 Å². The first kappa shape index (κ1) is 22.2. The molecule has 1 N–H and O–H groups in total. The van der Waals surface area contributed by atoms with Gasteiger partial charge in [0.2, 0.25) is 0 Å². The number of aromatic nitrogens is 2. The van der Waals surface area contributed by atoms with Crippen LogP contribution < -0.4 is 5.32 Å². The summed E-state index contributed by atoms with van der Waals surface area (Å²) in [6.45, 7) is 9.84. The Balaban J connectivity index is 1.32. The highest BCUT2D eigenvalue weighted by molar-refractivity contribution is 6.36. The number of fused-ring (bicyclic) bond motifs is 5. The van der Waals surface area contributed by atoms with Crippen molar-refractivity contribution in [3.63, 3.8) is 0 Å². The number of aryl methyl sites for hydroxylation is 1. The van der Waals surface area contributed by atoms with Crippen LogP contribution in [0.4, 0.5) is 0 Å². The molecule has 4 atom stereocenters. The van der Waals surface area contributed by atoms with E-state index >= 15 is 0 Å². The zero-order chi connectivity index (χ0) is 23.8. The largest absolute Gasteiger partial charge is 0.350 e. The van der Waals surface area contributed by atoms with Gasteiger partial charge in [-0.2, -0.15) is 5.10 Å². The minimum Gasteiger partial charge on any atom is -0.350 e. The van der Waals surface area contributed by atoms with Gasteiger partial charge in [-0.25, -0.2) is 4.68 Å². The van der Waals surface area contributed by atoms with Crippen LogP contribution in [-0.4, -0.2) is 22.2 Å². The van der Waals surface area contributed by atoms with Gasteiger partial charge < -0.3 is 5.32 Å². The van der Waals surface area contributed by atoms with Crippen molar-refractivity contribution in [3.8, 4) is 11.3 Å². The Morgan fingerprint density at radius 2 is 2.12 bits per heavy atom. The summed E-state index contributed by atoms with van der Waals surface area (Å²) in [6, 6.07) is 6.53. The molecule has 1 heterocycles. The van der Waals surface area contributed by atoms with E-state index in [-0.39, 0.29) is 5.91 Å². The Labute approximate surface area is 207 Å². The van der Waals surface area contributed by atoms with Gasteiger partial charge in [0.25, 0.3) is 5.91 Å². The predicted molar refractivity (Wildman–Crippen MR) is 138 cm³/mol. The van der Waals surface area contributed by atoms with Crippen LogP contribution in [0.1, 0.15) is 73.6 Å². The Morgan fingerprint density at radius 1 is 1.29 bits per heavy atom. The third-order valence-corrected chi connectivity index (χ3v) is 9.51. The minimum atomic E-state index is -0.0522. The number of hydrogen-bond acceptors (Lipinski definition) is 2. The van der Waals surface area contributed by atoms with Crippen LogP contribution in [0.15, 0.2) is 35.4 Å². The molecule has 3 saturated carbocycles. The molecule has 1 amide bonds. The Bertz CT molecular complexity index is 1250. The quantitative estimate of drug-likeness (QED) is 0.464. The average molecular weight is 476 g/mol.